The predicted molar refractivity (Wildman–Crippen MR) is 36.4 cm³/mol. The Bertz CT molecular complexity index is 375. The number of nitrogens with zero attached hydrogens (tertiary/aromatic N) is 1. The number of H-pyrrole nitrogens is 1. The molecular formula is C7H6N2O. The van der Waals surface area contributed by atoms with Gasteiger partial charge in [-0.25, -0.2) is 4.98 Å². The van der Waals surface area contributed by atoms with E-state index in [1.807, 2.05) is 6.08 Å². The normalized spacial score (nSPS) is 15.4. The van der Waals surface area contributed by atoms with Gasteiger partial charge in [-0.3, -0.25) is 4.79 Å². The number of Topliss-reactive ketones (excluding diaryl/α,β-unsaturated/α-hetero) is 1. The van der Waals surface area contributed by atoms with E-state index >= 15 is 0 Å². The zero-order valence-electron chi connectivity index (χ0n) is 5.29. The Morgan fingerprint density at radius 3 is 3.40 bits per heavy atom. The van der Waals surface area contributed by atoms with E-state index in [0.717, 1.165) is 10.7 Å². The summed E-state index contributed by atoms with van der Waals surface area (Å²) in [5.74, 6) is 0.125. The van der Waals surface area contributed by atoms with Crippen molar-refractivity contribution in [2.45, 2.75) is 6.42 Å². The fourth-order valence-electron chi connectivity index (χ4n) is 1.01. The van der Waals surface area contributed by atoms with Crippen LogP contribution in [0, 0.1) is 0 Å². The molecule has 0 aliphatic heterocycles. The summed E-state index contributed by atoms with van der Waals surface area (Å²) in [6, 6.07) is 0. The first-order chi connectivity index (χ1) is 4.86. The Balaban J connectivity index is 2.85. The van der Waals surface area contributed by atoms with E-state index in [4.69, 9.17) is 0 Å². The van der Waals surface area contributed by atoms with Crippen LogP contribution in [0.1, 0.15) is 6.42 Å². The third-order valence-corrected chi connectivity index (χ3v) is 1.50. The lowest BCUT2D eigenvalue weighted by atomic mass is 10.2. The molecule has 1 N–H and O–H groups in total. The van der Waals surface area contributed by atoms with E-state index in [1.165, 1.54) is 0 Å². The zero-order chi connectivity index (χ0) is 6.97. The lowest BCUT2D eigenvalue weighted by molar-refractivity contribution is -0.112. The van der Waals surface area contributed by atoms with Crippen LogP contribution < -0.4 is 10.7 Å². The predicted octanol–water partition coefficient (Wildman–Crippen LogP) is -1.06. The number of aromatic amines is 1. The molecule has 1 aliphatic carbocycles. The molecule has 3 nitrogen and oxygen atoms in total. The number of aromatic nitrogens is 2. The van der Waals surface area contributed by atoms with Crippen molar-refractivity contribution in [3.63, 3.8) is 0 Å². The minimum Gasteiger partial charge on any atom is -0.345 e. The molecular weight excluding hydrogens is 128 g/mol. The molecule has 0 spiro atoms. The van der Waals surface area contributed by atoms with Crippen molar-refractivity contribution in [3.05, 3.63) is 17.0 Å². The third kappa shape index (κ3) is 0.673. The fourth-order valence-corrected chi connectivity index (χ4v) is 1.01. The average Bonchev–Trinajstić information content (AvgIpc) is 2.33. The van der Waals surface area contributed by atoms with Gasteiger partial charge in [-0.15, -0.1) is 0 Å². The molecule has 0 saturated carbocycles. The van der Waals surface area contributed by atoms with Gasteiger partial charge >= 0.3 is 0 Å². The number of ketones is 1. The molecule has 0 saturated heterocycles. The number of hydrogen-bond acceptors (Lipinski definition) is 2. The highest BCUT2D eigenvalue weighted by Crippen LogP contribution is 1.87. The highest BCUT2D eigenvalue weighted by atomic mass is 16.1. The Kier molecular flexibility index (Phi) is 0.974. The van der Waals surface area contributed by atoms with E-state index in [1.54, 1.807) is 12.4 Å². The van der Waals surface area contributed by atoms with Gasteiger partial charge in [0.2, 0.25) is 0 Å². The molecule has 10 heavy (non-hydrogen) atoms. The van der Waals surface area contributed by atoms with E-state index in [9.17, 15) is 4.79 Å². The van der Waals surface area contributed by atoms with Crippen LogP contribution >= 0.6 is 0 Å². The zero-order valence-corrected chi connectivity index (χ0v) is 5.29. The summed E-state index contributed by atoms with van der Waals surface area (Å²) in [4.78, 5) is 17.7. The first kappa shape index (κ1) is 5.41. The maximum absolute atomic E-state index is 10.8. The monoisotopic (exact) mass is 134 g/mol. The molecule has 0 amide bonds. The standard InChI is InChI=1S/C7H6N2O/c10-5-1-2-6-7(3-5)9-4-8-6/h2-4H,1H2,(H,8,9). The lowest BCUT2D eigenvalue weighted by Crippen LogP contribution is -2.28. The second kappa shape index (κ2) is 1.80. The first-order valence-electron chi connectivity index (χ1n) is 3.10. The van der Waals surface area contributed by atoms with Crippen LogP contribution in [0.3, 0.4) is 0 Å². The molecule has 0 aromatic carbocycles. The molecule has 2 rings (SSSR count). The molecule has 1 aromatic rings. The number of hydrogen-bond donors (Lipinski definition) is 1. The maximum Gasteiger partial charge on any atom is 0.161 e. The Morgan fingerprint density at radius 1 is 1.60 bits per heavy atom. The summed E-state index contributed by atoms with van der Waals surface area (Å²) in [6.07, 6.45) is 5.50. The highest BCUT2D eigenvalue weighted by molar-refractivity contribution is 6.08. The van der Waals surface area contributed by atoms with Gasteiger partial charge < -0.3 is 4.98 Å². The molecule has 0 fully saturated rings. The Labute approximate surface area is 57.1 Å². The van der Waals surface area contributed by atoms with Gasteiger partial charge in [-0.1, -0.05) is 6.08 Å². The van der Waals surface area contributed by atoms with E-state index in [0.29, 0.717) is 6.42 Å². The van der Waals surface area contributed by atoms with Gasteiger partial charge in [0, 0.05) is 12.5 Å². The SMILES string of the molecule is O=C1C=c2nc[nH]c2=CC1. The van der Waals surface area contributed by atoms with Crippen molar-refractivity contribution in [2.75, 3.05) is 0 Å². The van der Waals surface area contributed by atoms with E-state index in [2.05, 4.69) is 9.97 Å². The second-order valence-electron chi connectivity index (χ2n) is 2.22. The third-order valence-electron chi connectivity index (χ3n) is 1.50. The molecule has 0 atom stereocenters. The van der Waals surface area contributed by atoms with Crippen molar-refractivity contribution in [3.8, 4) is 0 Å². The fraction of sp³-hybridized carbons (Fsp3) is 0.143. The van der Waals surface area contributed by atoms with Gasteiger partial charge in [-0.05, 0) is 0 Å². The number of imidazole rings is 1. The van der Waals surface area contributed by atoms with Gasteiger partial charge in [0.15, 0.2) is 5.78 Å². The van der Waals surface area contributed by atoms with Gasteiger partial charge in [0.05, 0.1) is 17.0 Å². The van der Waals surface area contributed by atoms with Crippen LogP contribution in [0.5, 0.6) is 0 Å². The molecule has 1 aromatic heterocycles. The van der Waals surface area contributed by atoms with Crippen LogP contribution in [0.4, 0.5) is 0 Å². The highest BCUT2D eigenvalue weighted by Gasteiger charge is 2.00. The van der Waals surface area contributed by atoms with Crippen molar-refractivity contribution in [1.82, 2.24) is 9.97 Å². The molecule has 0 radical (unpaired) electrons. The molecule has 0 bridgehead atoms. The van der Waals surface area contributed by atoms with Crippen LogP contribution in [0.15, 0.2) is 6.33 Å². The van der Waals surface area contributed by atoms with Crippen molar-refractivity contribution in [2.24, 2.45) is 0 Å². The van der Waals surface area contributed by atoms with E-state index in [-0.39, 0.29) is 5.78 Å². The maximum atomic E-state index is 10.8. The smallest absolute Gasteiger partial charge is 0.161 e. The van der Waals surface area contributed by atoms with Crippen LogP contribution in [0.2, 0.25) is 0 Å². The molecule has 1 aliphatic rings. The second-order valence-corrected chi connectivity index (χ2v) is 2.22. The summed E-state index contributed by atoms with van der Waals surface area (Å²) < 4.78 is 0. The minimum atomic E-state index is 0.125. The number of fused-ring (bicyclic) bond motifs is 1. The van der Waals surface area contributed by atoms with Crippen LogP contribution in [0.25, 0.3) is 12.2 Å². The van der Waals surface area contributed by atoms with Crippen LogP contribution in [-0.2, 0) is 4.79 Å². The summed E-state index contributed by atoms with van der Waals surface area (Å²) in [5.41, 5.74) is 0. The number of carbonyl (C=O) groups excluding carboxylic acids is 1. The summed E-state index contributed by atoms with van der Waals surface area (Å²) in [6.45, 7) is 0. The molecule has 1 heterocycles. The van der Waals surface area contributed by atoms with Crippen molar-refractivity contribution < 1.29 is 4.79 Å². The first-order valence-corrected chi connectivity index (χ1v) is 3.10. The largest absolute Gasteiger partial charge is 0.345 e. The molecule has 0 unspecified atom stereocenters. The lowest BCUT2D eigenvalue weighted by Gasteiger charge is -1.90. The summed E-state index contributed by atoms with van der Waals surface area (Å²) >= 11 is 0. The van der Waals surface area contributed by atoms with Gasteiger partial charge in [0.25, 0.3) is 0 Å². The average molecular weight is 134 g/mol. The summed E-state index contributed by atoms with van der Waals surface area (Å²) in [5, 5.41) is 1.72. The number of nitrogens with one attached hydrogen (secondary N) is 1. The summed E-state index contributed by atoms with van der Waals surface area (Å²) in [7, 11) is 0. The van der Waals surface area contributed by atoms with Crippen molar-refractivity contribution >= 4 is 17.9 Å². The van der Waals surface area contributed by atoms with E-state index < -0.39 is 0 Å². The minimum absolute atomic E-state index is 0.125. The van der Waals surface area contributed by atoms with Crippen LogP contribution in [-0.4, -0.2) is 15.8 Å². The Hall–Kier alpha value is -1.38. The molecule has 3 heteroatoms. The topological polar surface area (TPSA) is 45.8 Å². The van der Waals surface area contributed by atoms with Gasteiger partial charge in [0.1, 0.15) is 0 Å². The number of carbonyl (C=O) groups is 1. The quantitative estimate of drug-likeness (QED) is 0.491. The van der Waals surface area contributed by atoms with Crippen molar-refractivity contribution in [1.29, 1.82) is 0 Å². The number of rotatable bonds is 0. The Morgan fingerprint density at radius 2 is 2.50 bits per heavy atom. The van der Waals surface area contributed by atoms with Gasteiger partial charge in [-0.2, -0.15) is 0 Å². The molecule has 50 valence electrons.